The molecule has 0 N–H and O–H groups in total. The fourth-order valence-corrected chi connectivity index (χ4v) is 4.36. The van der Waals surface area contributed by atoms with Crippen molar-refractivity contribution in [1.82, 2.24) is 14.2 Å². The van der Waals surface area contributed by atoms with E-state index in [1.807, 2.05) is 6.92 Å². The van der Waals surface area contributed by atoms with Crippen molar-refractivity contribution in [3.05, 3.63) is 53.2 Å². The van der Waals surface area contributed by atoms with Crippen molar-refractivity contribution in [3.8, 4) is 5.88 Å². The van der Waals surface area contributed by atoms with Crippen LogP contribution in [0.2, 0.25) is 5.02 Å². The molecule has 1 fully saturated rings. The Kier molecular flexibility index (Phi) is 5.98. The number of sulfonamides is 1. The molecule has 1 aromatic carbocycles. The number of rotatable bonds is 5. The first-order chi connectivity index (χ1) is 12.9. The maximum absolute atomic E-state index is 12.7. The number of hydrogen-bond donors (Lipinski definition) is 0. The van der Waals surface area contributed by atoms with Gasteiger partial charge in [0.2, 0.25) is 15.9 Å². The van der Waals surface area contributed by atoms with Crippen LogP contribution in [0.5, 0.6) is 5.88 Å². The van der Waals surface area contributed by atoms with E-state index in [1.54, 1.807) is 29.2 Å². The number of carbonyl (C=O) groups is 1. The Morgan fingerprint density at radius 1 is 1.11 bits per heavy atom. The molecule has 0 atom stereocenters. The Hall–Kier alpha value is -2.16. The molecular weight excluding hydrogens is 390 g/mol. The molecule has 1 amide bonds. The molecule has 0 unspecified atom stereocenters. The monoisotopic (exact) mass is 409 g/mol. The Labute approximate surface area is 163 Å². The summed E-state index contributed by atoms with van der Waals surface area (Å²) in [5, 5.41) is 0.480. The fraction of sp³-hybridized carbons (Fsp3) is 0.333. The largest absolute Gasteiger partial charge is 0.478 e. The van der Waals surface area contributed by atoms with Gasteiger partial charge in [-0.3, -0.25) is 4.79 Å². The van der Waals surface area contributed by atoms with Crippen molar-refractivity contribution in [3.63, 3.8) is 0 Å². The Bertz CT molecular complexity index is 893. The van der Waals surface area contributed by atoms with Crippen LogP contribution in [0.1, 0.15) is 17.3 Å². The molecule has 2 heterocycles. The van der Waals surface area contributed by atoms with Crippen molar-refractivity contribution < 1.29 is 17.9 Å². The number of hydrogen-bond acceptors (Lipinski definition) is 5. The number of pyridine rings is 1. The highest BCUT2D eigenvalue weighted by molar-refractivity contribution is 7.89. The van der Waals surface area contributed by atoms with Gasteiger partial charge in [0.05, 0.1) is 17.1 Å². The first-order valence-corrected chi connectivity index (χ1v) is 10.4. The summed E-state index contributed by atoms with van der Waals surface area (Å²) >= 11 is 5.82. The summed E-state index contributed by atoms with van der Waals surface area (Å²) < 4.78 is 32.1. The molecule has 27 heavy (non-hydrogen) atoms. The summed E-state index contributed by atoms with van der Waals surface area (Å²) in [6.07, 6.45) is 1.48. The Balaban J connectivity index is 1.64. The van der Waals surface area contributed by atoms with Gasteiger partial charge < -0.3 is 9.64 Å². The maximum Gasteiger partial charge on any atom is 0.255 e. The lowest BCUT2D eigenvalue weighted by atomic mass is 10.2. The van der Waals surface area contributed by atoms with E-state index in [4.69, 9.17) is 16.3 Å². The van der Waals surface area contributed by atoms with Gasteiger partial charge in [0.25, 0.3) is 5.91 Å². The standard InChI is InChI=1S/C18H20ClN3O4S/c1-2-26-17-8-3-14(13-20-17)18(23)21-9-11-22(12-10-21)27(24,25)16-6-4-15(19)5-7-16/h3-8,13H,2,9-12H2,1H3. The summed E-state index contributed by atoms with van der Waals surface area (Å²) in [5.41, 5.74) is 0.451. The summed E-state index contributed by atoms with van der Waals surface area (Å²) in [5.74, 6) is 0.294. The Morgan fingerprint density at radius 3 is 2.33 bits per heavy atom. The molecule has 1 saturated heterocycles. The van der Waals surface area contributed by atoms with Gasteiger partial charge in [0.1, 0.15) is 0 Å². The normalized spacial score (nSPS) is 15.6. The third kappa shape index (κ3) is 4.40. The lowest BCUT2D eigenvalue weighted by Crippen LogP contribution is -2.50. The van der Waals surface area contributed by atoms with E-state index in [9.17, 15) is 13.2 Å². The fourth-order valence-electron chi connectivity index (χ4n) is 2.81. The molecule has 0 saturated carbocycles. The number of amides is 1. The Morgan fingerprint density at radius 2 is 1.78 bits per heavy atom. The van der Waals surface area contributed by atoms with Gasteiger partial charge in [-0.05, 0) is 37.3 Å². The van der Waals surface area contributed by atoms with Crippen LogP contribution in [0.15, 0.2) is 47.5 Å². The van der Waals surface area contributed by atoms with Gasteiger partial charge in [-0.15, -0.1) is 0 Å². The average Bonchev–Trinajstić information content (AvgIpc) is 2.69. The zero-order valence-corrected chi connectivity index (χ0v) is 16.4. The van der Waals surface area contributed by atoms with Crippen LogP contribution >= 0.6 is 11.6 Å². The van der Waals surface area contributed by atoms with Crippen molar-refractivity contribution in [2.24, 2.45) is 0 Å². The maximum atomic E-state index is 12.7. The van der Waals surface area contributed by atoms with Gasteiger partial charge in [-0.2, -0.15) is 4.31 Å². The molecule has 2 aromatic rings. The molecule has 3 rings (SSSR count). The van der Waals surface area contributed by atoms with Gasteiger partial charge in [-0.1, -0.05) is 11.6 Å². The van der Waals surface area contributed by atoms with Crippen molar-refractivity contribution in [2.75, 3.05) is 32.8 Å². The highest BCUT2D eigenvalue weighted by Crippen LogP contribution is 2.20. The van der Waals surface area contributed by atoms with E-state index in [0.29, 0.717) is 36.2 Å². The molecule has 7 nitrogen and oxygen atoms in total. The number of piperazine rings is 1. The predicted octanol–water partition coefficient (Wildman–Crippen LogP) is 2.28. The van der Waals surface area contributed by atoms with E-state index in [2.05, 4.69) is 4.98 Å². The third-order valence-corrected chi connectivity index (χ3v) is 6.42. The van der Waals surface area contributed by atoms with Crippen LogP contribution in [0.3, 0.4) is 0 Å². The molecule has 0 radical (unpaired) electrons. The number of benzene rings is 1. The molecule has 1 aliphatic heterocycles. The number of carbonyl (C=O) groups excluding carboxylic acids is 1. The minimum atomic E-state index is -3.60. The quantitative estimate of drug-likeness (QED) is 0.756. The minimum Gasteiger partial charge on any atom is -0.478 e. The van der Waals surface area contributed by atoms with Gasteiger partial charge in [-0.25, -0.2) is 13.4 Å². The first-order valence-electron chi connectivity index (χ1n) is 8.55. The minimum absolute atomic E-state index is 0.172. The molecule has 1 aliphatic rings. The van der Waals surface area contributed by atoms with Crippen LogP contribution < -0.4 is 4.74 Å². The van der Waals surface area contributed by atoms with Crippen LogP contribution in [-0.4, -0.2) is 61.3 Å². The van der Waals surface area contributed by atoms with E-state index >= 15 is 0 Å². The molecule has 0 aliphatic carbocycles. The number of nitrogens with zero attached hydrogens (tertiary/aromatic N) is 3. The van der Waals surface area contributed by atoms with Crippen molar-refractivity contribution in [1.29, 1.82) is 0 Å². The van der Waals surface area contributed by atoms with Crippen LogP contribution in [0.4, 0.5) is 0 Å². The van der Waals surface area contributed by atoms with Crippen molar-refractivity contribution >= 4 is 27.5 Å². The lowest BCUT2D eigenvalue weighted by Gasteiger charge is -2.34. The third-order valence-electron chi connectivity index (χ3n) is 4.25. The summed E-state index contributed by atoms with van der Waals surface area (Å²) in [4.78, 5) is 18.5. The average molecular weight is 410 g/mol. The number of ether oxygens (including phenoxy) is 1. The predicted molar refractivity (Wildman–Crippen MR) is 102 cm³/mol. The topological polar surface area (TPSA) is 79.8 Å². The zero-order valence-electron chi connectivity index (χ0n) is 14.8. The SMILES string of the molecule is CCOc1ccc(C(=O)N2CCN(S(=O)(=O)c3ccc(Cl)cc3)CC2)cn1. The van der Waals surface area contributed by atoms with E-state index in [0.717, 1.165) is 0 Å². The summed E-state index contributed by atoms with van der Waals surface area (Å²) in [6, 6.07) is 9.39. The lowest BCUT2D eigenvalue weighted by molar-refractivity contribution is 0.0697. The molecule has 9 heteroatoms. The van der Waals surface area contributed by atoms with Crippen LogP contribution in [-0.2, 0) is 10.0 Å². The van der Waals surface area contributed by atoms with E-state index < -0.39 is 10.0 Å². The highest BCUT2D eigenvalue weighted by atomic mass is 35.5. The van der Waals surface area contributed by atoms with Crippen molar-refractivity contribution in [2.45, 2.75) is 11.8 Å². The number of aromatic nitrogens is 1. The van der Waals surface area contributed by atoms with Gasteiger partial charge in [0.15, 0.2) is 0 Å². The second kappa shape index (κ2) is 8.24. The molecule has 0 spiro atoms. The van der Waals surface area contributed by atoms with Crippen LogP contribution in [0.25, 0.3) is 0 Å². The molecular formula is C18H20ClN3O4S. The first kappa shape index (κ1) is 19.6. The second-order valence-corrected chi connectivity index (χ2v) is 8.34. The molecule has 1 aromatic heterocycles. The zero-order chi connectivity index (χ0) is 19.4. The smallest absolute Gasteiger partial charge is 0.255 e. The summed E-state index contributed by atoms with van der Waals surface area (Å²) in [6.45, 7) is 3.47. The van der Waals surface area contributed by atoms with Crippen LogP contribution in [0, 0.1) is 0 Å². The number of halogens is 1. The van der Waals surface area contributed by atoms with E-state index in [1.165, 1.54) is 22.6 Å². The molecule has 0 bridgehead atoms. The van der Waals surface area contributed by atoms with E-state index in [-0.39, 0.29) is 23.9 Å². The van der Waals surface area contributed by atoms with Gasteiger partial charge in [0, 0.05) is 43.5 Å². The molecule has 144 valence electrons. The second-order valence-electron chi connectivity index (χ2n) is 5.97. The van der Waals surface area contributed by atoms with Gasteiger partial charge >= 0.3 is 0 Å². The highest BCUT2D eigenvalue weighted by Gasteiger charge is 2.30. The summed E-state index contributed by atoms with van der Waals surface area (Å²) in [7, 11) is -3.60.